The van der Waals surface area contributed by atoms with Gasteiger partial charge in [0.15, 0.2) is 0 Å². The molecule has 0 aliphatic heterocycles. The van der Waals surface area contributed by atoms with E-state index >= 15 is 0 Å². The molecule has 0 saturated carbocycles. The fourth-order valence-electron chi connectivity index (χ4n) is 1.28. The Morgan fingerprint density at radius 3 is 2.69 bits per heavy atom. The standard InChI is InChI=1S/C12H17NO3/c1-13-16-8-4-5-10-9-11(14-2)6-7-12(10)15-3/h4-7,9,13H,8H2,1-3H3/b5-4+. The molecule has 88 valence electrons. The normalized spacial score (nSPS) is 10.7. The number of ether oxygens (including phenoxy) is 2. The van der Waals surface area contributed by atoms with Crippen molar-refractivity contribution in [3.8, 4) is 11.5 Å². The van der Waals surface area contributed by atoms with Gasteiger partial charge in [0.1, 0.15) is 11.5 Å². The van der Waals surface area contributed by atoms with Gasteiger partial charge in [0.2, 0.25) is 0 Å². The zero-order chi connectivity index (χ0) is 11.8. The first-order valence-electron chi connectivity index (χ1n) is 4.99. The van der Waals surface area contributed by atoms with Gasteiger partial charge in [0.25, 0.3) is 0 Å². The van der Waals surface area contributed by atoms with Gasteiger partial charge in [-0.1, -0.05) is 12.2 Å². The highest BCUT2D eigenvalue weighted by Gasteiger charge is 2.01. The van der Waals surface area contributed by atoms with E-state index in [2.05, 4.69) is 5.48 Å². The Hall–Kier alpha value is -1.52. The Morgan fingerprint density at radius 1 is 1.25 bits per heavy atom. The number of hydrogen-bond acceptors (Lipinski definition) is 4. The van der Waals surface area contributed by atoms with Gasteiger partial charge in [-0.25, -0.2) is 5.48 Å². The smallest absolute Gasteiger partial charge is 0.126 e. The second-order valence-corrected chi connectivity index (χ2v) is 3.03. The molecule has 4 nitrogen and oxygen atoms in total. The predicted octanol–water partition coefficient (Wildman–Crippen LogP) is 1.87. The van der Waals surface area contributed by atoms with E-state index in [0.717, 1.165) is 17.1 Å². The lowest BCUT2D eigenvalue weighted by Gasteiger charge is -2.07. The molecule has 0 amide bonds. The van der Waals surface area contributed by atoms with E-state index < -0.39 is 0 Å². The fourth-order valence-corrected chi connectivity index (χ4v) is 1.28. The zero-order valence-electron chi connectivity index (χ0n) is 9.82. The molecule has 16 heavy (non-hydrogen) atoms. The highest BCUT2D eigenvalue weighted by molar-refractivity contribution is 5.59. The van der Waals surface area contributed by atoms with E-state index in [1.807, 2.05) is 30.4 Å². The topological polar surface area (TPSA) is 39.7 Å². The Kier molecular flexibility index (Phi) is 5.39. The van der Waals surface area contributed by atoms with Gasteiger partial charge >= 0.3 is 0 Å². The number of nitrogens with one attached hydrogen (secondary N) is 1. The van der Waals surface area contributed by atoms with E-state index in [-0.39, 0.29) is 0 Å². The molecular weight excluding hydrogens is 206 g/mol. The fraction of sp³-hybridized carbons (Fsp3) is 0.333. The third-order valence-electron chi connectivity index (χ3n) is 2.06. The molecular formula is C12H17NO3. The molecule has 1 N–H and O–H groups in total. The lowest BCUT2D eigenvalue weighted by Crippen LogP contribution is -2.06. The predicted molar refractivity (Wildman–Crippen MR) is 63.6 cm³/mol. The number of methoxy groups -OCH3 is 2. The average Bonchev–Trinajstić information content (AvgIpc) is 2.34. The van der Waals surface area contributed by atoms with Crippen molar-refractivity contribution >= 4 is 6.08 Å². The van der Waals surface area contributed by atoms with Crippen molar-refractivity contribution in [1.82, 2.24) is 5.48 Å². The maximum atomic E-state index is 5.24. The maximum absolute atomic E-state index is 5.24. The number of hydrogen-bond donors (Lipinski definition) is 1. The molecule has 0 aliphatic carbocycles. The number of benzene rings is 1. The van der Waals surface area contributed by atoms with Crippen LogP contribution >= 0.6 is 0 Å². The zero-order valence-corrected chi connectivity index (χ0v) is 9.82. The molecule has 0 radical (unpaired) electrons. The van der Waals surface area contributed by atoms with Gasteiger partial charge in [-0.3, -0.25) is 4.84 Å². The third kappa shape index (κ3) is 3.56. The van der Waals surface area contributed by atoms with Crippen LogP contribution in [-0.4, -0.2) is 27.9 Å². The third-order valence-corrected chi connectivity index (χ3v) is 2.06. The van der Waals surface area contributed by atoms with Gasteiger partial charge in [-0.15, -0.1) is 0 Å². The summed E-state index contributed by atoms with van der Waals surface area (Å²) in [6, 6.07) is 5.65. The summed E-state index contributed by atoms with van der Waals surface area (Å²) in [6.07, 6.45) is 3.83. The molecule has 0 bridgehead atoms. The highest BCUT2D eigenvalue weighted by atomic mass is 16.6. The van der Waals surface area contributed by atoms with Crippen molar-refractivity contribution in [3.63, 3.8) is 0 Å². The average molecular weight is 223 g/mol. The number of hydroxylamine groups is 1. The summed E-state index contributed by atoms with van der Waals surface area (Å²) in [6.45, 7) is 0.497. The molecule has 0 unspecified atom stereocenters. The highest BCUT2D eigenvalue weighted by Crippen LogP contribution is 2.24. The minimum Gasteiger partial charge on any atom is -0.497 e. The van der Waals surface area contributed by atoms with Crippen molar-refractivity contribution in [2.24, 2.45) is 0 Å². The first-order valence-corrected chi connectivity index (χ1v) is 4.99. The largest absolute Gasteiger partial charge is 0.497 e. The van der Waals surface area contributed by atoms with E-state index in [9.17, 15) is 0 Å². The molecule has 1 rings (SSSR count). The van der Waals surface area contributed by atoms with Gasteiger partial charge in [0, 0.05) is 12.6 Å². The Labute approximate surface area is 95.8 Å². The minimum atomic E-state index is 0.497. The van der Waals surface area contributed by atoms with Crippen LogP contribution in [0.1, 0.15) is 5.56 Å². The van der Waals surface area contributed by atoms with Crippen LogP contribution in [0, 0.1) is 0 Å². The van der Waals surface area contributed by atoms with Crippen molar-refractivity contribution < 1.29 is 14.3 Å². The molecule has 0 saturated heterocycles. The molecule has 1 aromatic rings. The van der Waals surface area contributed by atoms with Crippen molar-refractivity contribution in [3.05, 3.63) is 29.8 Å². The number of rotatable bonds is 6. The second kappa shape index (κ2) is 6.87. The van der Waals surface area contributed by atoms with Crippen LogP contribution < -0.4 is 15.0 Å². The summed E-state index contributed by atoms with van der Waals surface area (Å²) >= 11 is 0. The van der Waals surface area contributed by atoms with Crippen LogP contribution in [-0.2, 0) is 4.84 Å². The van der Waals surface area contributed by atoms with E-state index in [0.29, 0.717) is 6.61 Å². The molecule has 0 spiro atoms. The monoisotopic (exact) mass is 223 g/mol. The SMILES string of the molecule is CNOC/C=C/c1cc(OC)ccc1OC. The first-order chi connectivity index (χ1) is 7.81. The lowest BCUT2D eigenvalue weighted by molar-refractivity contribution is 0.0814. The molecule has 0 aromatic heterocycles. The second-order valence-electron chi connectivity index (χ2n) is 3.03. The van der Waals surface area contributed by atoms with Crippen molar-refractivity contribution in [1.29, 1.82) is 0 Å². The van der Waals surface area contributed by atoms with Crippen LogP contribution in [0.15, 0.2) is 24.3 Å². The molecule has 0 aliphatic rings. The molecule has 1 aromatic carbocycles. The minimum absolute atomic E-state index is 0.497. The van der Waals surface area contributed by atoms with Gasteiger partial charge in [0.05, 0.1) is 20.8 Å². The summed E-state index contributed by atoms with van der Waals surface area (Å²) in [5.74, 6) is 1.61. The van der Waals surface area contributed by atoms with Gasteiger partial charge in [-0.2, -0.15) is 0 Å². The summed E-state index contributed by atoms with van der Waals surface area (Å²) in [5, 5.41) is 0. The Balaban J connectivity index is 2.78. The van der Waals surface area contributed by atoms with Crippen LogP contribution in [0.25, 0.3) is 6.08 Å². The van der Waals surface area contributed by atoms with Crippen molar-refractivity contribution in [2.75, 3.05) is 27.9 Å². The van der Waals surface area contributed by atoms with E-state index in [4.69, 9.17) is 14.3 Å². The van der Waals surface area contributed by atoms with Crippen LogP contribution in [0.5, 0.6) is 11.5 Å². The maximum Gasteiger partial charge on any atom is 0.126 e. The molecule has 0 atom stereocenters. The van der Waals surface area contributed by atoms with Crippen LogP contribution in [0.3, 0.4) is 0 Å². The summed E-state index contributed by atoms with van der Waals surface area (Å²) in [7, 11) is 5.00. The Morgan fingerprint density at radius 2 is 2.06 bits per heavy atom. The molecule has 0 heterocycles. The van der Waals surface area contributed by atoms with Crippen LogP contribution in [0.2, 0.25) is 0 Å². The first kappa shape index (κ1) is 12.5. The van der Waals surface area contributed by atoms with Crippen LogP contribution in [0.4, 0.5) is 0 Å². The lowest BCUT2D eigenvalue weighted by atomic mass is 10.1. The Bertz CT molecular complexity index is 350. The van der Waals surface area contributed by atoms with Gasteiger partial charge < -0.3 is 9.47 Å². The van der Waals surface area contributed by atoms with Crippen molar-refractivity contribution in [2.45, 2.75) is 0 Å². The summed E-state index contributed by atoms with van der Waals surface area (Å²) in [5.41, 5.74) is 3.56. The van der Waals surface area contributed by atoms with Gasteiger partial charge in [-0.05, 0) is 18.2 Å². The van der Waals surface area contributed by atoms with E-state index in [1.54, 1.807) is 21.3 Å². The summed E-state index contributed by atoms with van der Waals surface area (Å²) < 4.78 is 10.4. The molecule has 0 fully saturated rings. The molecule has 4 heteroatoms. The quantitative estimate of drug-likeness (QED) is 0.590. The summed E-state index contributed by atoms with van der Waals surface area (Å²) in [4.78, 5) is 4.98. The van der Waals surface area contributed by atoms with E-state index in [1.165, 1.54) is 0 Å².